The number of ether oxygens (including phenoxy) is 2. The molecule has 0 bridgehead atoms. The summed E-state index contributed by atoms with van der Waals surface area (Å²) in [6.07, 6.45) is -0.0295. The maximum atomic E-state index is 12.3. The fourth-order valence-electron chi connectivity index (χ4n) is 2.55. The maximum absolute atomic E-state index is 12.3. The molecule has 1 aromatic carbocycles. The van der Waals surface area contributed by atoms with Gasteiger partial charge in [-0.15, -0.1) is 0 Å². The number of hydrogen-bond acceptors (Lipinski definition) is 6. The van der Waals surface area contributed by atoms with Crippen molar-refractivity contribution in [2.45, 2.75) is 59.6 Å². The fraction of sp³-hybridized carbons (Fsp3) is 0.450. The molecule has 0 aliphatic rings. The Bertz CT molecular complexity index is 922. The van der Waals surface area contributed by atoms with Gasteiger partial charge in [0.25, 0.3) is 0 Å². The molecule has 1 amide bonds. The number of carbonyl (C=O) groups is 2. The highest BCUT2D eigenvalue weighted by Crippen LogP contribution is 2.28. The summed E-state index contributed by atoms with van der Waals surface area (Å²) in [4.78, 5) is 35.8. The highest BCUT2D eigenvalue weighted by molar-refractivity contribution is 5.87. The molecule has 1 N–H and O–H groups in total. The highest BCUT2D eigenvalue weighted by Gasteiger charge is 2.23. The van der Waals surface area contributed by atoms with Gasteiger partial charge in [-0.05, 0) is 58.7 Å². The molecule has 0 spiro atoms. The smallest absolute Gasteiger partial charge is 0.408 e. The maximum Gasteiger partial charge on any atom is 0.408 e. The van der Waals surface area contributed by atoms with Gasteiger partial charge < -0.3 is 19.2 Å². The molecule has 1 atom stereocenters. The van der Waals surface area contributed by atoms with E-state index in [4.69, 9.17) is 13.9 Å². The van der Waals surface area contributed by atoms with E-state index in [1.165, 1.54) is 13.0 Å². The summed E-state index contributed by atoms with van der Waals surface area (Å²) in [5.41, 5.74) is 0.667. The molecule has 1 heterocycles. The van der Waals surface area contributed by atoms with E-state index in [0.717, 1.165) is 10.9 Å². The quantitative estimate of drug-likeness (QED) is 0.499. The van der Waals surface area contributed by atoms with Crippen LogP contribution in [0, 0.1) is 6.92 Å². The summed E-state index contributed by atoms with van der Waals surface area (Å²) in [5, 5.41) is 3.23. The minimum absolute atomic E-state index is 0.266. The molecule has 0 aliphatic carbocycles. The van der Waals surface area contributed by atoms with Gasteiger partial charge in [-0.2, -0.15) is 0 Å². The van der Waals surface area contributed by atoms with Crippen molar-refractivity contribution in [1.29, 1.82) is 0 Å². The molecular weight excluding hydrogens is 350 g/mol. The molecule has 1 aromatic heterocycles. The van der Waals surface area contributed by atoms with Gasteiger partial charge in [-0.3, -0.25) is 0 Å². The third kappa shape index (κ3) is 5.09. The Hall–Kier alpha value is -2.83. The molecule has 2 rings (SSSR count). The Morgan fingerprint density at radius 1 is 1.26 bits per heavy atom. The van der Waals surface area contributed by atoms with E-state index in [9.17, 15) is 14.4 Å². The van der Waals surface area contributed by atoms with Gasteiger partial charge in [0, 0.05) is 17.0 Å². The minimum atomic E-state index is -0.913. The Labute approximate surface area is 157 Å². The number of alkyl carbamates (subject to hydrolysis) is 1. The van der Waals surface area contributed by atoms with Gasteiger partial charge in [0.2, 0.25) is 0 Å². The van der Waals surface area contributed by atoms with Crippen molar-refractivity contribution in [2.24, 2.45) is 0 Å². The zero-order valence-corrected chi connectivity index (χ0v) is 16.5. The third-order valence-electron chi connectivity index (χ3n) is 3.88. The lowest BCUT2D eigenvalue weighted by molar-refractivity contribution is -0.136. The standard InChI is InChI=1S/C20H25NO6/c1-7-13-10-16(22)26-17-11(2)15(9-8-14(13)17)25-18(23)12(3)21-19(24)27-20(4,5)6/h8-10,12H,7H2,1-6H3,(H,21,24)/t12-/m0/s1. The second-order valence-electron chi connectivity index (χ2n) is 7.30. The van der Waals surface area contributed by atoms with Gasteiger partial charge in [0.1, 0.15) is 23.0 Å². The fourth-order valence-corrected chi connectivity index (χ4v) is 2.55. The van der Waals surface area contributed by atoms with Crippen molar-refractivity contribution in [3.8, 4) is 5.75 Å². The van der Waals surface area contributed by atoms with Crippen molar-refractivity contribution in [1.82, 2.24) is 5.32 Å². The average Bonchev–Trinajstić information content (AvgIpc) is 2.55. The Morgan fingerprint density at radius 3 is 2.52 bits per heavy atom. The molecule has 7 nitrogen and oxygen atoms in total. The molecule has 0 fully saturated rings. The van der Waals surface area contributed by atoms with Gasteiger partial charge in [0.05, 0.1) is 0 Å². The Morgan fingerprint density at radius 2 is 1.93 bits per heavy atom. The van der Waals surface area contributed by atoms with E-state index in [2.05, 4.69) is 5.32 Å². The molecular formula is C20H25NO6. The van der Waals surface area contributed by atoms with Crippen LogP contribution in [-0.2, 0) is 16.0 Å². The van der Waals surface area contributed by atoms with Crippen molar-refractivity contribution in [3.63, 3.8) is 0 Å². The zero-order valence-electron chi connectivity index (χ0n) is 16.5. The van der Waals surface area contributed by atoms with E-state index >= 15 is 0 Å². The molecule has 0 saturated heterocycles. The largest absolute Gasteiger partial charge is 0.444 e. The number of nitrogens with one attached hydrogen (secondary N) is 1. The average molecular weight is 375 g/mol. The second-order valence-corrected chi connectivity index (χ2v) is 7.30. The van der Waals surface area contributed by atoms with Crippen molar-refractivity contribution < 1.29 is 23.5 Å². The number of carbonyl (C=O) groups excluding carboxylic acids is 2. The summed E-state index contributed by atoms with van der Waals surface area (Å²) in [6.45, 7) is 10.3. The van der Waals surface area contributed by atoms with Crippen LogP contribution in [0.4, 0.5) is 4.79 Å². The normalized spacial score (nSPS) is 12.5. The van der Waals surface area contributed by atoms with Gasteiger partial charge >= 0.3 is 17.7 Å². The Balaban J connectivity index is 2.20. The molecule has 0 radical (unpaired) electrons. The molecule has 0 saturated carbocycles. The van der Waals surface area contributed by atoms with Crippen LogP contribution in [0.1, 0.15) is 45.7 Å². The topological polar surface area (TPSA) is 94.8 Å². The molecule has 7 heteroatoms. The second kappa shape index (κ2) is 7.82. The van der Waals surface area contributed by atoms with Crippen LogP contribution in [0.5, 0.6) is 5.75 Å². The predicted octanol–water partition coefficient (Wildman–Crippen LogP) is 3.48. The van der Waals surface area contributed by atoms with Crippen LogP contribution in [0.15, 0.2) is 27.4 Å². The number of rotatable bonds is 4. The first-order valence-corrected chi connectivity index (χ1v) is 8.79. The molecule has 146 valence electrons. The van der Waals surface area contributed by atoms with Crippen LogP contribution in [-0.4, -0.2) is 23.7 Å². The number of fused-ring (bicyclic) bond motifs is 1. The summed E-state index contributed by atoms with van der Waals surface area (Å²) >= 11 is 0. The lowest BCUT2D eigenvalue weighted by atomic mass is 10.0. The van der Waals surface area contributed by atoms with Crippen molar-refractivity contribution in [2.75, 3.05) is 0 Å². The van der Waals surface area contributed by atoms with E-state index in [1.54, 1.807) is 39.8 Å². The van der Waals surface area contributed by atoms with E-state index in [1.807, 2.05) is 6.92 Å². The van der Waals surface area contributed by atoms with Crippen LogP contribution < -0.4 is 15.7 Å². The lowest BCUT2D eigenvalue weighted by Gasteiger charge is -2.21. The first kappa shape index (κ1) is 20.5. The van der Waals surface area contributed by atoms with Crippen molar-refractivity contribution in [3.05, 3.63) is 39.7 Å². The van der Waals surface area contributed by atoms with Gasteiger partial charge in [-0.1, -0.05) is 6.92 Å². The number of benzene rings is 1. The van der Waals surface area contributed by atoms with Crippen molar-refractivity contribution >= 4 is 23.0 Å². The SMILES string of the molecule is CCc1cc(=O)oc2c(C)c(OC(=O)[C@H](C)NC(=O)OC(C)(C)C)ccc12. The molecule has 0 unspecified atom stereocenters. The van der Waals surface area contributed by atoms with Crippen LogP contribution in [0.3, 0.4) is 0 Å². The monoisotopic (exact) mass is 375 g/mol. The van der Waals surface area contributed by atoms with Crippen LogP contribution in [0.25, 0.3) is 11.0 Å². The summed E-state index contributed by atoms with van der Waals surface area (Å²) in [7, 11) is 0. The number of hydrogen-bond donors (Lipinski definition) is 1. The first-order chi connectivity index (χ1) is 12.5. The van der Waals surface area contributed by atoms with E-state index < -0.39 is 29.3 Å². The number of amides is 1. The Kier molecular flexibility index (Phi) is 5.93. The first-order valence-electron chi connectivity index (χ1n) is 8.79. The summed E-state index contributed by atoms with van der Waals surface area (Å²) in [5.74, 6) is -0.390. The number of aryl methyl sites for hydroxylation is 2. The molecule has 0 aliphatic heterocycles. The number of esters is 1. The highest BCUT2D eigenvalue weighted by atomic mass is 16.6. The van der Waals surface area contributed by atoms with E-state index in [0.29, 0.717) is 17.6 Å². The lowest BCUT2D eigenvalue weighted by Crippen LogP contribution is -2.43. The van der Waals surface area contributed by atoms with E-state index in [-0.39, 0.29) is 5.75 Å². The zero-order chi connectivity index (χ0) is 20.4. The van der Waals surface area contributed by atoms with Gasteiger partial charge in [0.15, 0.2) is 0 Å². The summed E-state index contributed by atoms with van der Waals surface area (Å²) in [6, 6.07) is 3.94. The predicted molar refractivity (Wildman–Crippen MR) is 101 cm³/mol. The van der Waals surface area contributed by atoms with Gasteiger partial charge in [-0.25, -0.2) is 14.4 Å². The molecule has 2 aromatic rings. The summed E-state index contributed by atoms with van der Waals surface area (Å²) < 4.78 is 15.8. The molecule has 27 heavy (non-hydrogen) atoms. The minimum Gasteiger partial charge on any atom is -0.444 e. The third-order valence-corrected chi connectivity index (χ3v) is 3.88. The van der Waals surface area contributed by atoms with Crippen LogP contribution in [0.2, 0.25) is 0 Å². The van der Waals surface area contributed by atoms with Crippen LogP contribution >= 0.6 is 0 Å².